The summed E-state index contributed by atoms with van der Waals surface area (Å²) in [5.74, 6) is 0.453. The van der Waals surface area contributed by atoms with Crippen molar-refractivity contribution in [2.45, 2.75) is 39.3 Å². The Bertz CT molecular complexity index is 568. The van der Waals surface area contributed by atoms with Crippen LogP contribution in [0.25, 0.3) is 10.9 Å². The van der Waals surface area contributed by atoms with Gasteiger partial charge >= 0.3 is 0 Å². The molecule has 1 heterocycles. The van der Waals surface area contributed by atoms with E-state index in [9.17, 15) is 0 Å². The van der Waals surface area contributed by atoms with Crippen LogP contribution in [0.4, 0.5) is 0 Å². The third-order valence-electron chi connectivity index (χ3n) is 3.86. The van der Waals surface area contributed by atoms with E-state index >= 15 is 0 Å². The summed E-state index contributed by atoms with van der Waals surface area (Å²) in [6.45, 7) is 7.59. The Morgan fingerprint density at radius 2 is 2.05 bits per heavy atom. The Hall–Kier alpha value is -1.45. The standard InChI is InChI=1S/C18H26N2O/c1-5-10-20-17(18(21-4)13(2)3)15-8-9-16-14(12-15)7-6-11-19-16/h6-9,11-13,17-18,20H,5,10H2,1-4H3. The van der Waals surface area contributed by atoms with Crippen molar-refractivity contribution in [3.8, 4) is 0 Å². The Balaban J connectivity index is 2.36. The van der Waals surface area contributed by atoms with Crippen LogP contribution in [-0.4, -0.2) is 24.7 Å². The molecule has 1 aromatic heterocycles. The van der Waals surface area contributed by atoms with E-state index in [0.717, 1.165) is 18.5 Å². The average molecular weight is 286 g/mol. The second-order valence-corrected chi connectivity index (χ2v) is 5.83. The number of nitrogens with zero attached hydrogens (tertiary/aromatic N) is 1. The van der Waals surface area contributed by atoms with Gasteiger partial charge in [-0.25, -0.2) is 0 Å². The summed E-state index contributed by atoms with van der Waals surface area (Å²) >= 11 is 0. The maximum atomic E-state index is 5.76. The van der Waals surface area contributed by atoms with Crippen LogP contribution in [0.15, 0.2) is 36.5 Å². The molecule has 0 spiro atoms. The monoisotopic (exact) mass is 286 g/mol. The number of nitrogens with one attached hydrogen (secondary N) is 1. The molecule has 2 unspecified atom stereocenters. The number of ether oxygens (including phenoxy) is 1. The van der Waals surface area contributed by atoms with Gasteiger partial charge in [0, 0.05) is 18.7 Å². The molecule has 2 aromatic rings. The zero-order valence-electron chi connectivity index (χ0n) is 13.5. The summed E-state index contributed by atoms with van der Waals surface area (Å²) in [5, 5.41) is 4.82. The fourth-order valence-electron chi connectivity index (χ4n) is 2.80. The highest BCUT2D eigenvalue weighted by molar-refractivity contribution is 5.79. The van der Waals surface area contributed by atoms with Crippen molar-refractivity contribution in [2.75, 3.05) is 13.7 Å². The van der Waals surface area contributed by atoms with Gasteiger partial charge in [0.1, 0.15) is 0 Å². The second-order valence-electron chi connectivity index (χ2n) is 5.83. The van der Waals surface area contributed by atoms with E-state index in [1.165, 1.54) is 10.9 Å². The Morgan fingerprint density at radius 1 is 1.24 bits per heavy atom. The predicted octanol–water partition coefficient (Wildman–Crippen LogP) is 3.95. The molecule has 0 aliphatic heterocycles. The van der Waals surface area contributed by atoms with Crippen LogP contribution >= 0.6 is 0 Å². The maximum absolute atomic E-state index is 5.76. The third-order valence-corrected chi connectivity index (χ3v) is 3.86. The summed E-state index contributed by atoms with van der Waals surface area (Å²) < 4.78 is 5.76. The largest absolute Gasteiger partial charge is 0.379 e. The quantitative estimate of drug-likeness (QED) is 0.837. The minimum Gasteiger partial charge on any atom is -0.379 e. The number of benzene rings is 1. The first-order chi connectivity index (χ1) is 10.2. The normalized spacial score (nSPS) is 14.5. The molecule has 0 fully saturated rings. The van der Waals surface area contributed by atoms with Gasteiger partial charge in [-0.1, -0.05) is 32.9 Å². The smallest absolute Gasteiger partial charge is 0.0788 e. The Kier molecular flexibility index (Phi) is 5.71. The lowest BCUT2D eigenvalue weighted by molar-refractivity contribution is 0.0327. The molecule has 2 rings (SSSR count). The molecule has 0 bridgehead atoms. The first kappa shape index (κ1) is 15.9. The molecule has 21 heavy (non-hydrogen) atoms. The van der Waals surface area contributed by atoms with Gasteiger partial charge in [-0.2, -0.15) is 0 Å². The SMILES string of the molecule is CCCNC(c1ccc2ncccc2c1)C(OC)C(C)C. The van der Waals surface area contributed by atoms with Crippen molar-refractivity contribution >= 4 is 10.9 Å². The lowest BCUT2D eigenvalue weighted by Crippen LogP contribution is -2.37. The average Bonchev–Trinajstić information content (AvgIpc) is 2.50. The summed E-state index contributed by atoms with van der Waals surface area (Å²) in [5.41, 5.74) is 2.30. The Morgan fingerprint density at radius 3 is 2.71 bits per heavy atom. The van der Waals surface area contributed by atoms with E-state index in [4.69, 9.17) is 4.74 Å². The van der Waals surface area contributed by atoms with Crippen LogP contribution < -0.4 is 5.32 Å². The fourth-order valence-corrected chi connectivity index (χ4v) is 2.80. The zero-order valence-corrected chi connectivity index (χ0v) is 13.5. The molecule has 3 heteroatoms. The zero-order chi connectivity index (χ0) is 15.2. The number of hydrogen-bond donors (Lipinski definition) is 1. The first-order valence-corrected chi connectivity index (χ1v) is 7.78. The lowest BCUT2D eigenvalue weighted by atomic mass is 9.92. The van der Waals surface area contributed by atoms with E-state index in [2.05, 4.69) is 55.3 Å². The lowest BCUT2D eigenvalue weighted by Gasteiger charge is -2.30. The van der Waals surface area contributed by atoms with Gasteiger partial charge in [0.2, 0.25) is 0 Å². The minimum absolute atomic E-state index is 0.158. The number of aromatic nitrogens is 1. The molecule has 0 saturated heterocycles. The Labute approximate surface area is 127 Å². The summed E-state index contributed by atoms with van der Waals surface area (Å²) in [7, 11) is 1.80. The van der Waals surface area contributed by atoms with Crippen LogP contribution in [0.1, 0.15) is 38.8 Å². The van der Waals surface area contributed by atoms with Gasteiger partial charge in [0.05, 0.1) is 17.7 Å². The number of rotatable bonds is 7. The topological polar surface area (TPSA) is 34.2 Å². The molecule has 2 atom stereocenters. The van der Waals surface area contributed by atoms with E-state index < -0.39 is 0 Å². The highest BCUT2D eigenvalue weighted by Crippen LogP contribution is 2.26. The van der Waals surface area contributed by atoms with E-state index in [0.29, 0.717) is 5.92 Å². The molecule has 1 aromatic carbocycles. The van der Waals surface area contributed by atoms with Crippen LogP contribution in [0.5, 0.6) is 0 Å². The molecule has 0 amide bonds. The van der Waals surface area contributed by atoms with Crippen molar-refractivity contribution in [3.63, 3.8) is 0 Å². The van der Waals surface area contributed by atoms with E-state index in [1.807, 2.05) is 12.3 Å². The first-order valence-electron chi connectivity index (χ1n) is 7.78. The molecular weight excluding hydrogens is 260 g/mol. The molecule has 114 valence electrons. The second kappa shape index (κ2) is 7.53. The number of fused-ring (bicyclic) bond motifs is 1. The maximum Gasteiger partial charge on any atom is 0.0788 e. The van der Waals surface area contributed by atoms with E-state index in [1.54, 1.807) is 7.11 Å². The highest BCUT2D eigenvalue weighted by atomic mass is 16.5. The van der Waals surface area contributed by atoms with Crippen molar-refractivity contribution in [3.05, 3.63) is 42.1 Å². The van der Waals surface area contributed by atoms with Crippen molar-refractivity contribution in [2.24, 2.45) is 5.92 Å². The molecule has 3 nitrogen and oxygen atoms in total. The summed E-state index contributed by atoms with van der Waals surface area (Å²) in [6.07, 6.45) is 3.10. The van der Waals surface area contributed by atoms with Crippen LogP contribution in [0, 0.1) is 5.92 Å². The van der Waals surface area contributed by atoms with Gasteiger partial charge in [-0.05, 0) is 42.6 Å². The molecular formula is C18H26N2O. The number of methoxy groups -OCH3 is 1. The van der Waals surface area contributed by atoms with Crippen molar-refractivity contribution < 1.29 is 4.74 Å². The van der Waals surface area contributed by atoms with Gasteiger partial charge in [-0.15, -0.1) is 0 Å². The van der Waals surface area contributed by atoms with Crippen molar-refractivity contribution in [1.82, 2.24) is 10.3 Å². The number of hydrogen-bond acceptors (Lipinski definition) is 3. The van der Waals surface area contributed by atoms with Gasteiger partial charge < -0.3 is 10.1 Å². The van der Waals surface area contributed by atoms with Crippen molar-refractivity contribution in [1.29, 1.82) is 0 Å². The molecule has 0 radical (unpaired) electrons. The van der Waals surface area contributed by atoms with Gasteiger partial charge in [-0.3, -0.25) is 4.98 Å². The minimum atomic E-state index is 0.158. The van der Waals surface area contributed by atoms with Gasteiger partial charge in [0.25, 0.3) is 0 Å². The van der Waals surface area contributed by atoms with Gasteiger partial charge in [0.15, 0.2) is 0 Å². The molecule has 0 aliphatic rings. The predicted molar refractivity (Wildman–Crippen MR) is 88.4 cm³/mol. The van der Waals surface area contributed by atoms with Crippen LogP contribution in [-0.2, 0) is 4.74 Å². The van der Waals surface area contributed by atoms with Crippen LogP contribution in [0.3, 0.4) is 0 Å². The summed E-state index contributed by atoms with van der Waals surface area (Å²) in [6, 6.07) is 10.8. The fraction of sp³-hybridized carbons (Fsp3) is 0.500. The van der Waals surface area contributed by atoms with E-state index in [-0.39, 0.29) is 12.1 Å². The highest BCUT2D eigenvalue weighted by Gasteiger charge is 2.25. The molecule has 1 N–H and O–H groups in total. The third kappa shape index (κ3) is 3.80. The summed E-state index contributed by atoms with van der Waals surface area (Å²) in [4.78, 5) is 4.39. The molecule has 0 aliphatic carbocycles. The number of pyridine rings is 1. The molecule has 0 saturated carbocycles. The van der Waals surface area contributed by atoms with Crippen LogP contribution in [0.2, 0.25) is 0 Å².